The van der Waals surface area contributed by atoms with Crippen molar-refractivity contribution in [2.45, 2.75) is 40.7 Å². The lowest BCUT2D eigenvalue weighted by atomic mass is 9.96. The predicted molar refractivity (Wildman–Crippen MR) is 115 cm³/mol. The van der Waals surface area contributed by atoms with E-state index in [9.17, 15) is 14.4 Å². The molecule has 0 saturated heterocycles. The zero-order valence-electron chi connectivity index (χ0n) is 17.7. The highest BCUT2D eigenvalue weighted by Gasteiger charge is 2.24. The minimum Gasteiger partial charge on any atom is -0.451 e. The molecule has 0 bridgehead atoms. The van der Waals surface area contributed by atoms with Gasteiger partial charge in [0, 0.05) is 12.5 Å². The Morgan fingerprint density at radius 1 is 1.17 bits per heavy atom. The van der Waals surface area contributed by atoms with Crippen LogP contribution < -0.4 is 5.32 Å². The average Bonchev–Trinajstić information content (AvgIpc) is 3.04. The molecule has 6 nitrogen and oxygen atoms in total. The van der Waals surface area contributed by atoms with Crippen LogP contribution in [0.2, 0.25) is 0 Å². The van der Waals surface area contributed by atoms with E-state index in [1.807, 2.05) is 58.0 Å². The van der Waals surface area contributed by atoms with Crippen LogP contribution in [0.4, 0.5) is 5.00 Å². The number of nitrogens with one attached hydrogen (secondary N) is 1. The molecular formula is C22H28N2O4S. The maximum atomic E-state index is 12.4. The van der Waals surface area contributed by atoms with Gasteiger partial charge in [0.05, 0.1) is 11.0 Å². The first-order valence-electron chi connectivity index (χ1n) is 9.40. The van der Waals surface area contributed by atoms with Crippen molar-refractivity contribution in [2.24, 2.45) is 5.41 Å². The smallest absolute Gasteiger partial charge is 0.349 e. The summed E-state index contributed by atoms with van der Waals surface area (Å²) in [7, 11) is 1.68. The van der Waals surface area contributed by atoms with Crippen LogP contribution in [0.25, 0.3) is 0 Å². The van der Waals surface area contributed by atoms with Gasteiger partial charge in [0.15, 0.2) is 6.61 Å². The van der Waals surface area contributed by atoms with Gasteiger partial charge in [-0.05, 0) is 31.0 Å². The molecule has 2 amide bonds. The van der Waals surface area contributed by atoms with Gasteiger partial charge in [-0.25, -0.2) is 4.79 Å². The van der Waals surface area contributed by atoms with E-state index in [2.05, 4.69) is 5.32 Å². The molecule has 1 atom stereocenters. The monoisotopic (exact) mass is 416 g/mol. The molecule has 0 aliphatic heterocycles. The molecule has 0 spiro atoms. The van der Waals surface area contributed by atoms with Crippen LogP contribution in [0, 0.1) is 12.3 Å². The largest absolute Gasteiger partial charge is 0.451 e. The van der Waals surface area contributed by atoms with Crippen LogP contribution in [-0.4, -0.2) is 36.3 Å². The van der Waals surface area contributed by atoms with Gasteiger partial charge in [0.25, 0.3) is 5.91 Å². The number of esters is 1. The number of hydrogen-bond acceptors (Lipinski definition) is 5. The zero-order chi connectivity index (χ0) is 21.8. The summed E-state index contributed by atoms with van der Waals surface area (Å²) >= 11 is 1.14. The number of hydrogen-bond donors (Lipinski definition) is 1. The molecule has 0 saturated carbocycles. The quantitative estimate of drug-likeness (QED) is 0.708. The molecule has 1 aromatic carbocycles. The molecule has 0 aliphatic rings. The molecule has 0 fully saturated rings. The van der Waals surface area contributed by atoms with Crippen molar-refractivity contribution in [1.29, 1.82) is 0 Å². The molecule has 2 aromatic rings. The fraction of sp³-hybridized carbons (Fsp3) is 0.409. The minimum atomic E-state index is -0.571. The lowest BCUT2D eigenvalue weighted by molar-refractivity contribution is -0.135. The SMILES string of the molecule is Cc1cc(NC(=O)C(C)(C)C)sc1C(=O)OCC(=O)N(C)C(C)c1ccccc1. The molecule has 7 heteroatoms. The van der Waals surface area contributed by atoms with Gasteiger partial charge in [-0.1, -0.05) is 51.1 Å². The topological polar surface area (TPSA) is 75.7 Å². The zero-order valence-corrected chi connectivity index (χ0v) is 18.6. The van der Waals surface area contributed by atoms with Crippen LogP contribution in [0.3, 0.4) is 0 Å². The Balaban J connectivity index is 1.96. The van der Waals surface area contributed by atoms with E-state index in [-0.39, 0.29) is 24.5 Å². The van der Waals surface area contributed by atoms with Crippen molar-refractivity contribution in [3.8, 4) is 0 Å². The number of carbonyl (C=O) groups is 3. The Morgan fingerprint density at radius 2 is 1.79 bits per heavy atom. The van der Waals surface area contributed by atoms with Gasteiger partial charge >= 0.3 is 5.97 Å². The number of carbonyl (C=O) groups excluding carboxylic acids is 3. The van der Waals surface area contributed by atoms with Crippen molar-refractivity contribution >= 4 is 34.1 Å². The fourth-order valence-electron chi connectivity index (χ4n) is 2.51. The number of likely N-dealkylation sites (N-methyl/N-ethyl adjacent to an activating group) is 1. The Morgan fingerprint density at radius 3 is 2.38 bits per heavy atom. The van der Waals surface area contributed by atoms with E-state index in [1.165, 1.54) is 0 Å². The molecule has 29 heavy (non-hydrogen) atoms. The highest BCUT2D eigenvalue weighted by molar-refractivity contribution is 7.18. The van der Waals surface area contributed by atoms with Crippen molar-refractivity contribution < 1.29 is 19.1 Å². The highest BCUT2D eigenvalue weighted by atomic mass is 32.1. The second kappa shape index (κ2) is 9.22. The van der Waals surface area contributed by atoms with Gasteiger partial charge < -0.3 is 15.0 Å². The molecule has 1 N–H and O–H groups in total. The predicted octanol–water partition coefficient (Wildman–Crippen LogP) is 4.42. The van der Waals surface area contributed by atoms with Crippen molar-refractivity contribution in [3.05, 3.63) is 52.4 Å². The normalized spacial score (nSPS) is 12.2. The number of aryl methyl sites for hydroxylation is 1. The van der Waals surface area contributed by atoms with E-state index >= 15 is 0 Å². The van der Waals surface area contributed by atoms with Crippen LogP contribution in [0.1, 0.15) is 54.5 Å². The van der Waals surface area contributed by atoms with E-state index in [0.29, 0.717) is 15.4 Å². The number of thiophene rings is 1. The molecular weight excluding hydrogens is 388 g/mol. The van der Waals surface area contributed by atoms with Gasteiger partial charge in [0.2, 0.25) is 5.91 Å². The van der Waals surface area contributed by atoms with Gasteiger partial charge in [-0.15, -0.1) is 11.3 Å². The number of benzene rings is 1. The maximum Gasteiger partial charge on any atom is 0.349 e. The number of nitrogens with zero attached hydrogens (tertiary/aromatic N) is 1. The summed E-state index contributed by atoms with van der Waals surface area (Å²) in [6.45, 7) is 8.80. The Hall–Kier alpha value is -2.67. The van der Waals surface area contributed by atoms with E-state index in [4.69, 9.17) is 4.74 Å². The van der Waals surface area contributed by atoms with E-state index in [0.717, 1.165) is 16.9 Å². The summed E-state index contributed by atoms with van der Waals surface area (Å²) in [5.74, 6) is -0.992. The first-order valence-corrected chi connectivity index (χ1v) is 10.2. The van der Waals surface area contributed by atoms with Crippen molar-refractivity contribution in [1.82, 2.24) is 4.90 Å². The highest BCUT2D eigenvalue weighted by Crippen LogP contribution is 2.29. The lowest BCUT2D eigenvalue weighted by Gasteiger charge is -2.25. The molecule has 1 unspecified atom stereocenters. The van der Waals surface area contributed by atoms with Crippen LogP contribution in [0.15, 0.2) is 36.4 Å². The molecule has 1 heterocycles. The van der Waals surface area contributed by atoms with Crippen molar-refractivity contribution in [2.75, 3.05) is 19.0 Å². The number of ether oxygens (including phenoxy) is 1. The minimum absolute atomic E-state index is 0.134. The lowest BCUT2D eigenvalue weighted by Crippen LogP contribution is -2.33. The summed E-state index contributed by atoms with van der Waals surface area (Å²) < 4.78 is 5.23. The van der Waals surface area contributed by atoms with Crippen LogP contribution in [-0.2, 0) is 14.3 Å². The Kier molecular flexibility index (Phi) is 7.19. The van der Waals surface area contributed by atoms with E-state index < -0.39 is 11.4 Å². The third-order valence-electron chi connectivity index (χ3n) is 4.60. The third kappa shape index (κ3) is 5.90. The standard InChI is InChI=1S/C22H28N2O4S/c1-14-12-17(23-21(27)22(3,4)5)29-19(14)20(26)28-13-18(25)24(6)15(2)16-10-8-7-9-11-16/h7-12,15H,13H2,1-6H3,(H,23,27). The van der Waals surface area contributed by atoms with Gasteiger partial charge in [0.1, 0.15) is 4.88 Å². The number of rotatable bonds is 6. The van der Waals surface area contributed by atoms with Crippen LogP contribution >= 0.6 is 11.3 Å². The number of anilines is 1. The second-order valence-corrected chi connectivity index (χ2v) is 9.05. The molecule has 2 rings (SSSR count). The molecule has 1 aromatic heterocycles. The molecule has 156 valence electrons. The van der Waals surface area contributed by atoms with Crippen LogP contribution in [0.5, 0.6) is 0 Å². The first kappa shape index (κ1) is 22.6. The average molecular weight is 417 g/mol. The molecule has 0 radical (unpaired) electrons. The third-order valence-corrected chi connectivity index (χ3v) is 5.74. The summed E-state index contributed by atoms with van der Waals surface area (Å²) in [6, 6.07) is 11.2. The van der Waals surface area contributed by atoms with E-state index in [1.54, 1.807) is 24.9 Å². The number of amides is 2. The second-order valence-electron chi connectivity index (χ2n) is 7.99. The Bertz CT molecular complexity index is 884. The van der Waals surface area contributed by atoms with Gasteiger partial charge in [-0.2, -0.15) is 0 Å². The first-order chi connectivity index (χ1) is 13.5. The molecule has 0 aliphatic carbocycles. The summed E-state index contributed by atoms with van der Waals surface area (Å²) in [5, 5.41) is 3.39. The fourth-order valence-corrected chi connectivity index (χ4v) is 3.47. The van der Waals surface area contributed by atoms with Gasteiger partial charge in [-0.3, -0.25) is 9.59 Å². The Labute approximate surface area is 175 Å². The summed E-state index contributed by atoms with van der Waals surface area (Å²) in [6.07, 6.45) is 0. The van der Waals surface area contributed by atoms with Crippen molar-refractivity contribution in [3.63, 3.8) is 0 Å². The summed E-state index contributed by atoms with van der Waals surface area (Å²) in [4.78, 5) is 38.9. The maximum absolute atomic E-state index is 12.4. The summed E-state index contributed by atoms with van der Waals surface area (Å²) in [5.41, 5.74) is 1.16.